The van der Waals surface area contributed by atoms with Crippen molar-refractivity contribution in [2.24, 2.45) is 17.3 Å². The Morgan fingerprint density at radius 2 is 2.00 bits per heavy atom. The maximum atomic E-state index is 13.2. The number of alkyl halides is 1. The lowest BCUT2D eigenvalue weighted by atomic mass is 9.49. The highest BCUT2D eigenvalue weighted by molar-refractivity contribution is 9.10. The van der Waals surface area contributed by atoms with E-state index in [-0.39, 0.29) is 28.1 Å². The van der Waals surface area contributed by atoms with Gasteiger partial charge in [-0.3, -0.25) is 4.79 Å². The van der Waals surface area contributed by atoms with Crippen molar-refractivity contribution in [2.75, 3.05) is 0 Å². The number of rotatable bonds is 3. The van der Waals surface area contributed by atoms with Crippen LogP contribution in [-0.2, 0) is 16.1 Å². The molecule has 0 radical (unpaired) electrons. The molecule has 0 heterocycles. The molecule has 4 aliphatic rings. The number of carbonyl (C=O) groups is 1. The van der Waals surface area contributed by atoms with E-state index in [1.807, 2.05) is 0 Å². The maximum absolute atomic E-state index is 13.2. The Kier molecular flexibility index (Phi) is 3.37. The smallest absolute Gasteiger partial charge is 0.312 e. The third-order valence-electron chi connectivity index (χ3n) is 5.68. The Morgan fingerprint density at radius 3 is 2.64 bits per heavy atom. The molecule has 4 heteroatoms. The quantitative estimate of drug-likeness (QED) is 0.576. The molecule has 5 rings (SSSR count). The predicted octanol–water partition coefficient (Wildman–Crippen LogP) is 4.60. The van der Waals surface area contributed by atoms with Gasteiger partial charge in [0.05, 0.1) is 5.41 Å². The fourth-order valence-corrected chi connectivity index (χ4v) is 6.77. The zero-order valence-corrected chi connectivity index (χ0v) is 14.1. The minimum atomic E-state index is -0.305. The first-order valence-corrected chi connectivity index (χ1v) is 8.86. The molecule has 4 atom stereocenters. The summed E-state index contributed by atoms with van der Waals surface area (Å²) in [5, 5.41) is 0. The molecule has 1 aromatic rings. The Balaban J connectivity index is 1.48. The second kappa shape index (κ2) is 5.05. The molecular weight excluding hydrogens is 347 g/mol. The highest BCUT2D eigenvalue weighted by atomic mass is 79.9. The molecule has 0 aliphatic heterocycles. The van der Waals surface area contributed by atoms with Crippen LogP contribution in [0.15, 0.2) is 24.3 Å². The summed E-state index contributed by atoms with van der Waals surface area (Å²) in [6.07, 6.45) is 6.50. The van der Waals surface area contributed by atoms with Crippen molar-refractivity contribution < 1.29 is 13.9 Å². The monoisotopic (exact) mass is 366 g/mol. The second-order valence-corrected chi connectivity index (χ2v) is 9.28. The van der Waals surface area contributed by atoms with Gasteiger partial charge in [0, 0.05) is 4.32 Å². The molecule has 4 saturated carbocycles. The molecule has 4 aliphatic carbocycles. The van der Waals surface area contributed by atoms with E-state index < -0.39 is 0 Å². The summed E-state index contributed by atoms with van der Waals surface area (Å²) in [5.74, 6) is 0.946. The standard InChI is InChI=1S/C18H20BrFO2/c19-18-8-13-4-14(9-18)7-17(6-13,11-18)16(21)22-10-12-2-1-3-15(20)5-12/h1-3,5,13-14H,4,6-11H2/t13-,14+,17?,18?. The topological polar surface area (TPSA) is 26.3 Å². The van der Waals surface area contributed by atoms with Crippen LogP contribution in [0.25, 0.3) is 0 Å². The summed E-state index contributed by atoms with van der Waals surface area (Å²) in [6.45, 7) is 0.170. The van der Waals surface area contributed by atoms with Crippen LogP contribution < -0.4 is 0 Å². The van der Waals surface area contributed by atoms with Gasteiger partial charge >= 0.3 is 5.97 Å². The van der Waals surface area contributed by atoms with Crippen molar-refractivity contribution >= 4 is 21.9 Å². The van der Waals surface area contributed by atoms with Gasteiger partial charge in [0.15, 0.2) is 0 Å². The number of halogens is 2. The number of ether oxygens (including phenoxy) is 1. The van der Waals surface area contributed by atoms with Crippen LogP contribution in [-0.4, -0.2) is 10.3 Å². The SMILES string of the molecule is O=C(OCc1cccc(F)c1)C12C[C@@H]3C[C@@H](CC(Br)(C3)C1)C2. The van der Waals surface area contributed by atoms with Gasteiger partial charge in [-0.1, -0.05) is 28.1 Å². The van der Waals surface area contributed by atoms with Gasteiger partial charge in [-0.15, -0.1) is 0 Å². The zero-order valence-electron chi connectivity index (χ0n) is 12.5. The molecule has 0 spiro atoms. The third kappa shape index (κ3) is 2.49. The Labute approximate surface area is 138 Å². The van der Waals surface area contributed by atoms with Gasteiger partial charge < -0.3 is 4.74 Å². The number of benzene rings is 1. The van der Waals surface area contributed by atoms with E-state index in [0.717, 1.165) is 19.3 Å². The molecule has 0 N–H and O–H groups in total. The molecule has 0 aromatic heterocycles. The van der Waals surface area contributed by atoms with E-state index in [2.05, 4.69) is 15.9 Å². The van der Waals surface area contributed by atoms with Crippen LogP contribution >= 0.6 is 15.9 Å². The van der Waals surface area contributed by atoms with Crippen LogP contribution in [0.3, 0.4) is 0 Å². The normalized spacial score (nSPS) is 39.0. The first-order valence-electron chi connectivity index (χ1n) is 8.07. The lowest BCUT2D eigenvalue weighted by Crippen LogP contribution is -2.56. The summed E-state index contributed by atoms with van der Waals surface area (Å²) >= 11 is 3.91. The number of carbonyl (C=O) groups excluding carboxylic acids is 1. The number of esters is 1. The molecule has 22 heavy (non-hydrogen) atoms. The van der Waals surface area contributed by atoms with Crippen molar-refractivity contribution in [3.05, 3.63) is 35.6 Å². The van der Waals surface area contributed by atoms with Gasteiger partial charge in [0.2, 0.25) is 0 Å². The first kappa shape index (κ1) is 14.7. The van der Waals surface area contributed by atoms with Crippen molar-refractivity contribution in [1.29, 1.82) is 0 Å². The highest BCUT2D eigenvalue weighted by Gasteiger charge is 2.60. The van der Waals surface area contributed by atoms with Crippen LogP contribution in [0.5, 0.6) is 0 Å². The molecule has 4 bridgehead atoms. The van der Waals surface area contributed by atoms with Gasteiger partial charge in [0.1, 0.15) is 12.4 Å². The molecule has 0 saturated heterocycles. The zero-order chi connectivity index (χ0) is 15.4. The number of hydrogen-bond acceptors (Lipinski definition) is 2. The summed E-state index contributed by atoms with van der Waals surface area (Å²) in [7, 11) is 0. The van der Waals surface area contributed by atoms with Gasteiger partial charge in [0.25, 0.3) is 0 Å². The van der Waals surface area contributed by atoms with Gasteiger partial charge in [-0.2, -0.15) is 0 Å². The summed E-state index contributed by atoms with van der Waals surface area (Å²) in [4.78, 5) is 12.8. The minimum Gasteiger partial charge on any atom is -0.460 e. The lowest BCUT2D eigenvalue weighted by Gasteiger charge is -2.58. The average Bonchev–Trinajstić information content (AvgIpc) is 2.42. The van der Waals surface area contributed by atoms with Crippen molar-refractivity contribution in [3.8, 4) is 0 Å². The van der Waals surface area contributed by atoms with E-state index in [0.29, 0.717) is 17.4 Å². The Hall–Kier alpha value is -0.900. The molecule has 2 nitrogen and oxygen atoms in total. The first-order chi connectivity index (χ1) is 10.5. The van der Waals surface area contributed by atoms with E-state index in [9.17, 15) is 9.18 Å². The van der Waals surface area contributed by atoms with Crippen LogP contribution in [0.2, 0.25) is 0 Å². The van der Waals surface area contributed by atoms with E-state index >= 15 is 0 Å². The average molecular weight is 367 g/mol. The molecular formula is C18H20BrFO2. The number of hydrogen-bond donors (Lipinski definition) is 0. The minimum absolute atomic E-state index is 0.0744. The molecule has 1 aromatic carbocycles. The fourth-order valence-electron chi connectivity index (χ4n) is 5.32. The van der Waals surface area contributed by atoms with Gasteiger partial charge in [-0.25, -0.2) is 4.39 Å². The highest BCUT2D eigenvalue weighted by Crippen LogP contribution is 2.64. The van der Waals surface area contributed by atoms with Crippen molar-refractivity contribution in [3.63, 3.8) is 0 Å². The van der Waals surface area contributed by atoms with E-state index in [4.69, 9.17) is 4.74 Å². The summed E-state index contributed by atoms with van der Waals surface area (Å²) in [6, 6.07) is 6.27. The second-order valence-electron chi connectivity index (χ2n) is 7.60. The molecule has 4 fully saturated rings. The molecule has 2 unspecified atom stereocenters. The largest absolute Gasteiger partial charge is 0.460 e. The van der Waals surface area contributed by atoms with Crippen LogP contribution in [0, 0.1) is 23.1 Å². The third-order valence-corrected chi connectivity index (χ3v) is 6.61. The fraction of sp³-hybridized carbons (Fsp3) is 0.611. The van der Waals surface area contributed by atoms with Crippen molar-refractivity contribution in [2.45, 2.75) is 49.5 Å². The molecule has 0 amide bonds. The van der Waals surface area contributed by atoms with Crippen molar-refractivity contribution in [1.82, 2.24) is 0 Å². The van der Waals surface area contributed by atoms with Crippen LogP contribution in [0.1, 0.15) is 44.1 Å². The maximum Gasteiger partial charge on any atom is 0.312 e. The van der Waals surface area contributed by atoms with Crippen LogP contribution in [0.4, 0.5) is 4.39 Å². The van der Waals surface area contributed by atoms with Gasteiger partial charge in [-0.05, 0) is 68.1 Å². The Morgan fingerprint density at radius 1 is 1.27 bits per heavy atom. The lowest BCUT2D eigenvalue weighted by molar-refractivity contribution is -0.170. The predicted molar refractivity (Wildman–Crippen MR) is 85.0 cm³/mol. The summed E-state index contributed by atoms with van der Waals surface area (Å²) < 4.78 is 18.9. The Bertz CT molecular complexity index is 601. The molecule has 118 valence electrons. The summed E-state index contributed by atoms with van der Waals surface area (Å²) in [5.41, 5.74) is 0.410. The van der Waals surface area contributed by atoms with E-state index in [1.54, 1.807) is 12.1 Å². The van der Waals surface area contributed by atoms with E-state index in [1.165, 1.54) is 31.4 Å².